The van der Waals surface area contributed by atoms with E-state index in [2.05, 4.69) is 15.1 Å². The smallest absolute Gasteiger partial charge is 0.357 e. The second-order valence-electron chi connectivity index (χ2n) is 10.1. The second kappa shape index (κ2) is 10.3. The lowest BCUT2D eigenvalue weighted by molar-refractivity contribution is -0.742. The van der Waals surface area contributed by atoms with Crippen LogP contribution in [0.3, 0.4) is 0 Å². The zero-order chi connectivity index (χ0) is 29.7. The van der Waals surface area contributed by atoms with Crippen molar-refractivity contribution in [2.24, 2.45) is 0 Å². The summed E-state index contributed by atoms with van der Waals surface area (Å²) in [6.45, 7) is 5.34. The van der Waals surface area contributed by atoms with E-state index in [0.717, 1.165) is 6.07 Å². The predicted octanol–water partition coefficient (Wildman–Crippen LogP) is 6.08. The molecular weight excluding hydrogens is 547 g/mol. The number of hydrogen-bond acceptors (Lipinski definition) is 6. The molecule has 3 aromatic carbocycles. The molecule has 0 saturated heterocycles. The molecular formula is C31H25F3N5O3+. The molecule has 0 spiro atoms. The van der Waals surface area contributed by atoms with Crippen LogP contribution in [0.15, 0.2) is 76.2 Å². The highest BCUT2D eigenvalue weighted by molar-refractivity contribution is 5.96. The number of aromatic nitrogens is 4. The Morgan fingerprint density at radius 2 is 1.74 bits per heavy atom. The number of nitrogen functional groups attached to an aromatic ring is 1. The van der Waals surface area contributed by atoms with Crippen LogP contribution in [-0.4, -0.2) is 21.2 Å². The van der Waals surface area contributed by atoms with Gasteiger partial charge in [0, 0.05) is 5.56 Å². The molecule has 11 heteroatoms. The number of benzene rings is 3. The van der Waals surface area contributed by atoms with Crippen molar-refractivity contribution in [1.29, 1.82) is 0 Å². The summed E-state index contributed by atoms with van der Waals surface area (Å²) in [6.07, 6.45) is 1.06. The van der Waals surface area contributed by atoms with Crippen LogP contribution in [0.5, 0.6) is 5.75 Å². The average molecular weight is 573 g/mol. The quantitative estimate of drug-likeness (QED) is 0.234. The van der Waals surface area contributed by atoms with Crippen molar-refractivity contribution < 1.29 is 27.0 Å². The van der Waals surface area contributed by atoms with Crippen molar-refractivity contribution in [3.8, 4) is 28.1 Å². The van der Waals surface area contributed by atoms with Gasteiger partial charge in [-0.3, -0.25) is 4.79 Å². The first-order chi connectivity index (χ1) is 20.1. The molecule has 0 bridgehead atoms. The number of aromatic amines is 1. The van der Waals surface area contributed by atoms with E-state index in [1.807, 2.05) is 0 Å². The third-order valence-electron chi connectivity index (χ3n) is 6.91. The minimum Gasteiger partial charge on any atom is -0.488 e. The van der Waals surface area contributed by atoms with Crippen LogP contribution in [0.2, 0.25) is 0 Å². The fourth-order valence-electron chi connectivity index (χ4n) is 5.05. The van der Waals surface area contributed by atoms with Gasteiger partial charge in [-0.15, -0.1) is 4.68 Å². The monoisotopic (exact) mass is 572 g/mol. The maximum atomic E-state index is 15.0. The first kappa shape index (κ1) is 27.0. The summed E-state index contributed by atoms with van der Waals surface area (Å²) >= 11 is 0. The van der Waals surface area contributed by atoms with Gasteiger partial charge in [0.05, 0.1) is 17.1 Å². The van der Waals surface area contributed by atoms with Crippen molar-refractivity contribution >= 4 is 27.8 Å². The van der Waals surface area contributed by atoms with Gasteiger partial charge in [0.15, 0.2) is 23.4 Å². The van der Waals surface area contributed by atoms with Gasteiger partial charge in [-0.25, -0.2) is 18.3 Å². The molecule has 0 fully saturated rings. The third kappa shape index (κ3) is 4.62. The molecule has 42 heavy (non-hydrogen) atoms. The average Bonchev–Trinajstić information content (AvgIpc) is 3.35. The fraction of sp³-hybridized carbons (Fsp3) is 0.161. The highest BCUT2D eigenvalue weighted by Crippen LogP contribution is 2.34. The molecule has 0 aliphatic heterocycles. The highest BCUT2D eigenvalue weighted by atomic mass is 19.1. The molecule has 212 valence electrons. The Bertz CT molecular complexity index is 2050. The Kier molecular flexibility index (Phi) is 6.64. The third-order valence-corrected chi connectivity index (χ3v) is 6.91. The molecule has 0 amide bonds. The number of hydrogen-bond donors (Lipinski definition) is 2. The molecule has 0 aliphatic rings. The molecule has 0 unspecified atom stereocenters. The number of fused-ring (bicyclic) bond motifs is 2. The molecule has 3 heterocycles. The van der Waals surface area contributed by atoms with Crippen molar-refractivity contribution in [3.63, 3.8) is 0 Å². The van der Waals surface area contributed by atoms with Gasteiger partial charge in [0.25, 0.3) is 0 Å². The van der Waals surface area contributed by atoms with Gasteiger partial charge in [-0.2, -0.15) is 4.98 Å². The van der Waals surface area contributed by atoms with Crippen LogP contribution < -0.4 is 20.6 Å². The summed E-state index contributed by atoms with van der Waals surface area (Å²) in [5.41, 5.74) is 7.42. The fourth-order valence-corrected chi connectivity index (χ4v) is 5.05. The lowest BCUT2D eigenvalue weighted by Crippen LogP contribution is -2.42. The van der Waals surface area contributed by atoms with Crippen molar-refractivity contribution in [2.45, 2.75) is 32.9 Å². The molecule has 0 aliphatic carbocycles. The van der Waals surface area contributed by atoms with Gasteiger partial charge < -0.3 is 14.9 Å². The Labute approximate surface area is 237 Å². The van der Waals surface area contributed by atoms with Crippen molar-refractivity contribution in [2.75, 3.05) is 5.73 Å². The van der Waals surface area contributed by atoms with Crippen LogP contribution in [0.1, 0.15) is 32.6 Å². The lowest BCUT2D eigenvalue weighted by atomic mass is 9.99. The largest absolute Gasteiger partial charge is 0.488 e. The lowest BCUT2D eigenvalue weighted by Gasteiger charge is -2.14. The van der Waals surface area contributed by atoms with Gasteiger partial charge >= 0.3 is 5.65 Å². The van der Waals surface area contributed by atoms with E-state index in [0.29, 0.717) is 22.3 Å². The Morgan fingerprint density at radius 1 is 0.952 bits per heavy atom. The number of nitrogens with two attached hydrogens (primary N) is 1. The van der Waals surface area contributed by atoms with E-state index in [4.69, 9.17) is 14.9 Å². The summed E-state index contributed by atoms with van der Waals surface area (Å²) in [6, 6.07) is 12.9. The maximum absolute atomic E-state index is 15.0. The van der Waals surface area contributed by atoms with Gasteiger partial charge in [-0.1, -0.05) is 12.1 Å². The summed E-state index contributed by atoms with van der Waals surface area (Å²) in [7, 11) is 0. The van der Waals surface area contributed by atoms with Crippen LogP contribution in [0.25, 0.3) is 44.4 Å². The van der Waals surface area contributed by atoms with Crippen LogP contribution in [-0.2, 0) is 0 Å². The molecule has 0 saturated carbocycles. The van der Waals surface area contributed by atoms with Crippen molar-refractivity contribution in [3.05, 3.63) is 100 Å². The van der Waals surface area contributed by atoms with E-state index in [9.17, 15) is 13.6 Å². The maximum Gasteiger partial charge on any atom is 0.357 e. The van der Waals surface area contributed by atoms with Gasteiger partial charge in [0.2, 0.25) is 11.8 Å². The van der Waals surface area contributed by atoms with Crippen molar-refractivity contribution in [1.82, 2.24) is 15.1 Å². The zero-order valence-electron chi connectivity index (χ0n) is 22.8. The molecule has 6 aromatic rings. The van der Waals surface area contributed by atoms with E-state index in [1.165, 1.54) is 48.8 Å². The molecule has 8 nitrogen and oxygen atoms in total. The zero-order valence-corrected chi connectivity index (χ0v) is 22.8. The minimum atomic E-state index is -0.760. The highest BCUT2D eigenvalue weighted by Gasteiger charge is 2.32. The summed E-state index contributed by atoms with van der Waals surface area (Å²) in [5.74, 6) is -1.34. The summed E-state index contributed by atoms with van der Waals surface area (Å²) in [5, 5.41) is 3.66. The number of H-pyrrole nitrogens is 1. The van der Waals surface area contributed by atoms with E-state index in [-0.39, 0.29) is 45.5 Å². The minimum absolute atomic E-state index is 0.0120. The first-order valence-electron chi connectivity index (χ1n) is 13.1. The van der Waals surface area contributed by atoms with Crippen LogP contribution in [0.4, 0.5) is 19.0 Å². The molecule has 1 atom stereocenters. The van der Waals surface area contributed by atoms with E-state index < -0.39 is 28.9 Å². The number of halogens is 3. The molecule has 0 radical (unpaired) electrons. The summed E-state index contributed by atoms with van der Waals surface area (Å²) in [4.78, 5) is 22.3. The van der Waals surface area contributed by atoms with Gasteiger partial charge in [0.1, 0.15) is 34.1 Å². The standard InChI is InChI=1S/C31H24F3N5O3/c1-15(2)41-24-9-7-18(12-22(24)34)27-26-30(35)36-14-37-31(26)39(38-27)16(3)29-25(17-5-4-6-19(32)11-17)28(40)21-13-20(33)8-10-23(21)42-29/h4-16H,1-3H3,(H2,35,36,37,38)/p+1/t16-/m1/s1. The Hall–Kier alpha value is -5.19. The molecule has 3 N–H and O–H groups in total. The van der Waals surface area contributed by atoms with E-state index in [1.54, 1.807) is 37.6 Å². The normalized spacial score (nSPS) is 12.4. The van der Waals surface area contributed by atoms with E-state index >= 15 is 4.39 Å². The Balaban J connectivity index is 1.59. The number of anilines is 1. The first-order valence-corrected chi connectivity index (χ1v) is 13.1. The van der Waals surface area contributed by atoms with Crippen LogP contribution in [0, 0.1) is 17.5 Å². The SMILES string of the molecule is CC(C)Oc1ccc(-c2[nH][n+]([C@H](C)c3oc4ccc(F)cc4c(=O)c3-c3cccc(F)c3)c3ncnc(N)c23)cc1F. The Morgan fingerprint density at radius 3 is 2.48 bits per heavy atom. The second-order valence-corrected chi connectivity index (χ2v) is 10.1. The molecule has 6 rings (SSSR count). The van der Waals surface area contributed by atoms with Crippen LogP contribution >= 0.6 is 0 Å². The van der Waals surface area contributed by atoms with Gasteiger partial charge in [-0.05, 0) is 79.8 Å². The number of nitrogens with zero attached hydrogens (tertiary/aromatic N) is 3. The topological polar surface area (TPSA) is 111 Å². The molecule has 3 aromatic heterocycles. The number of rotatable bonds is 6. The summed E-state index contributed by atoms with van der Waals surface area (Å²) < 4.78 is 56.8. The predicted molar refractivity (Wildman–Crippen MR) is 151 cm³/mol. The number of ether oxygens (including phenoxy) is 1. The number of nitrogens with one attached hydrogen (secondary N) is 1.